The first-order valence-electron chi connectivity index (χ1n) is 9.66. The van der Waals surface area contributed by atoms with E-state index in [1.807, 2.05) is 6.07 Å². The lowest BCUT2D eigenvalue weighted by Gasteiger charge is -2.20. The Balaban J connectivity index is 1.85. The van der Waals surface area contributed by atoms with Gasteiger partial charge in [0.2, 0.25) is 5.91 Å². The molecule has 1 amide bonds. The van der Waals surface area contributed by atoms with Crippen molar-refractivity contribution in [2.45, 2.75) is 52.4 Å². The average molecular weight is 353 g/mol. The monoisotopic (exact) mass is 352 g/mol. The fraction of sp³-hybridized carbons (Fsp3) is 0.435. The lowest BCUT2D eigenvalue weighted by molar-refractivity contribution is -0.116. The van der Waals surface area contributed by atoms with Gasteiger partial charge < -0.3 is 10.6 Å². The van der Waals surface area contributed by atoms with E-state index in [0.29, 0.717) is 24.8 Å². The van der Waals surface area contributed by atoms with Crippen molar-refractivity contribution in [1.29, 1.82) is 0 Å². The molecule has 0 spiro atoms. The van der Waals surface area contributed by atoms with E-state index in [0.717, 1.165) is 18.7 Å². The summed E-state index contributed by atoms with van der Waals surface area (Å²) in [6, 6.07) is 16.7. The lowest BCUT2D eigenvalue weighted by atomic mass is 9.92. The summed E-state index contributed by atoms with van der Waals surface area (Å²) >= 11 is 0. The van der Waals surface area contributed by atoms with Crippen LogP contribution in [0.4, 0.5) is 5.69 Å². The molecule has 0 aliphatic heterocycles. The Labute approximate surface area is 158 Å². The normalized spacial score (nSPS) is 11.2. The molecule has 0 radical (unpaired) electrons. The third-order valence-corrected chi connectivity index (χ3v) is 4.60. The zero-order valence-electron chi connectivity index (χ0n) is 16.5. The first kappa shape index (κ1) is 20.2. The zero-order chi connectivity index (χ0) is 18.9. The summed E-state index contributed by atoms with van der Waals surface area (Å²) < 4.78 is 0. The smallest absolute Gasteiger partial charge is 0.225 e. The molecule has 140 valence electrons. The molecule has 2 N–H and O–H groups in total. The number of carbonyl (C=O) groups is 1. The van der Waals surface area contributed by atoms with Crippen molar-refractivity contribution >= 4 is 11.6 Å². The molecular weight excluding hydrogens is 320 g/mol. The van der Waals surface area contributed by atoms with E-state index in [1.165, 1.54) is 16.7 Å². The Hall–Kier alpha value is -2.13. The molecule has 0 aliphatic rings. The Morgan fingerprint density at radius 3 is 2.04 bits per heavy atom. The van der Waals surface area contributed by atoms with Crippen LogP contribution in [0.2, 0.25) is 0 Å². The molecule has 2 aromatic rings. The minimum Gasteiger partial charge on any atom is -0.326 e. The van der Waals surface area contributed by atoms with Crippen LogP contribution in [-0.2, 0) is 11.2 Å². The van der Waals surface area contributed by atoms with Gasteiger partial charge in [-0.25, -0.2) is 0 Å². The molecule has 0 unspecified atom stereocenters. The van der Waals surface area contributed by atoms with Gasteiger partial charge in [-0.1, -0.05) is 76.2 Å². The van der Waals surface area contributed by atoms with Crippen molar-refractivity contribution in [1.82, 2.24) is 5.32 Å². The molecule has 0 saturated carbocycles. The topological polar surface area (TPSA) is 41.1 Å². The summed E-state index contributed by atoms with van der Waals surface area (Å²) in [7, 11) is 0. The number of anilines is 1. The predicted molar refractivity (Wildman–Crippen MR) is 111 cm³/mol. The molecule has 0 atom stereocenters. The molecule has 0 heterocycles. The van der Waals surface area contributed by atoms with E-state index < -0.39 is 0 Å². The van der Waals surface area contributed by atoms with Crippen LogP contribution in [0.1, 0.15) is 62.6 Å². The van der Waals surface area contributed by atoms with Gasteiger partial charge in [-0.3, -0.25) is 4.79 Å². The van der Waals surface area contributed by atoms with Crippen LogP contribution in [-0.4, -0.2) is 19.0 Å². The second-order valence-corrected chi connectivity index (χ2v) is 7.40. The van der Waals surface area contributed by atoms with E-state index in [2.05, 4.69) is 80.8 Å². The number of hydrogen-bond acceptors (Lipinski definition) is 2. The van der Waals surface area contributed by atoms with Gasteiger partial charge in [-0.2, -0.15) is 0 Å². The summed E-state index contributed by atoms with van der Waals surface area (Å²) in [6.45, 7) is 10.2. The van der Waals surface area contributed by atoms with Crippen LogP contribution in [0.25, 0.3) is 0 Å². The molecular formula is C23H32N2O. The molecule has 0 fully saturated rings. The SMILES string of the molecule is CC(C)c1cccc(C(C)C)c1NC(=O)CCNCCc1ccccc1. The summed E-state index contributed by atoms with van der Waals surface area (Å²) in [4.78, 5) is 12.4. The molecule has 3 nitrogen and oxygen atoms in total. The first-order chi connectivity index (χ1) is 12.5. The van der Waals surface area contributed by atoms with Crippen molar-refractivity contribution < 1.29 is 4.79 Å². The minimum atomic E-state index is 0.0761. The van der Waals surface area contributed by atoms with Gasteiger partial charge in [0.05, 0.1) is 0 Å². The number of para-hydroxylation sites is 1. The molecule has 2 aromatic carbocycles. The Kier molecular flexibility index (Phi) is 7.86. The van der Waals surface area contributed by atoms with Crippen LogP contribution in [0.5, 0.6) is 0 Å². The Bertz CT molecular complexity index is 666. The van der Waals surface area contributed by atoms with Crippen molar-refractivity contribution in [2.75, 3.05) is 18.4 Å². The number of benzene rings is 2. The number of hydrogen-bond donors (Lipinski definition) is 2. The number of nitrogens with one attached hydrogen (secondary N) is 2. The van der Waals surface area contributed by atoms with Gasteiger partial charge in [0.1, 0.15) is 0 Å². The number of rotatable bonds is 9. The maximum absolute atomic E-state index is 12.4. The largest absolute Gasteiger partial charge is 0.326 e. The second kappa shape index (κ2) is 10.1. The highest BCUT2D eigenvalue weighted by molar-refractivity contribution is 5.92. The van der Waals surface area contributed by atoms with E-state index in [4.69, 9.17) is 0 Å². The average Bonchev–Trinajstić information content (AvgIpc) is 2.62. The third kappa shape index (κ3) is 5.99. The molecule has 0 aromatic heterocycles. The zero-order valence-corrected chi connectivity index (χ0v) is 16.5. The maximum atomic E-state index is 12.4. The van der Waals surface area contributed by atoms with Crippen molar-refractivity contribution in [3.05, 3.63) is 65.2 Å². The fourth-order valence-electron chi connectivity index (χ4n) is 3.10. The van der Waals surface area contributed by atoms with Gasteiger partial charge in [-0.15, -0.1) is 0 Å². The van der Waals surface area contributed by atoms with Crippen LogP contribution in [0.3, 0.4) is 0 Å². The third-order valence-electron chi connectivity index (χ3n) is 4.60. The highest BCUT2D eigenvalue weighted by Gasteiger charge is 2.15. The maximum Gasteiger partial charge on any atom is 0.225 e. The highest BCUT2D eigenvalue weighted by Crippen LogP contribution is 2.32. The molecule has 0 saturated heterocycles. The molecule has 26 heavy (non-hydrogen) atoms. The van der Waals surface area contributed by atoms with Crippen LogP contribution in [0, 0.1) is 0 Å². The van der Waals surface area contributed by atoms with E-state index in [-0.39, 0.29) is 5.91 Å². The van der Waals surface area contributed by atoms with Crippen LogP contribution >= 0.6 is 0 Å². The number of carbonyl (C=O) groups excluding carboxylic acids is 1. The minimum absolute atomic E-state index is 0.0761. The van der Waals surface area contributed by atoms with Gasteiger partial charge >= 0.3 is 0 Å². The Morgan fingerprint density at radius 1 is 0.846 bits per heavy atom. The van der Waals surface area contributed by atoms with E-state index in [1.54, 1.807) is 0 Å². The number of amides is 1. The standard InChI is InChI=1S/C23H32N2O/c1-17(2)20-11-8-12-21(18(3)4)23(20)25-22(26)14-16-24-15-13-19-9-6-5-7-10-19/h5-12,17-18,24H,13-16H2,1-4H3,(H,25,26). The summed E-state index contributed by atoms with van der Waals surface area (Å²) in [5, 5.41) is 6.54. The summed E-state index contributed by atoms with van der Waals surface area (Å²) in [6.07, 6.45) is 1.47. The van der Waals surface area contributed by atoms with Gasteiger partial charge in [0.25, 0.3) is 0 Å². The summed E-state index contributed by atoms with van der Waals surface area (Å²) in [5.74, 6) is 0.841. The van der Waals surface area contributed by atoms with Crippen molar-refractivity contribution in [2.24, 2.45) is 0 Å². The fourth-order valence-corrected chi connectivity index (χ4v) is 3.10. The van der Waals surface area contributed by atoms with Crippen LogP contribution < -0.4 is 10.6 Å². The second-order valence-electron chi connectivity index (χ2n) is 7.40. The Morgan fingerprint density at radius 2 is 1.46 bits per heavy atom. The lowest BCUT2D eigenvalue weighted by Crippen LogP contribution is -2.24. The quantitative estimate of drug-likeness (QED) is 0.617. The molecule has 0 bridgehead atoms. The van der Waals surface area contributed by atoms with Crippen LogP contribution in [0.15, 0.2) is 48.5 Å². The van der Waals surface area contributed by atoms with Crippen molar-refractivity contribution in [3.8, 4) is 0 Å². The highest BCUT2D eigenvalue weighted by atomic mass is 16.1. The van der Waals surface area contributed by atoms with Gasteiger partial charge in [0.15, 0.2) is 0 Å². The molecule has 0 aliphatic carbocycles. The first-order valence-corrected chi connectivity index (χ1v) is 9.66. The van der Waals surface area contributed by atoms with Crippen molar-refractivity contribution in [3.63, 3.8) is 0 Å². The van der Waals surface area contributed by atoms with Gasteiger partial charge in [-0.05, 0) is 41.5 Å². The summed E-state index contributed by atoms with van der Waals surface area (Å²) in [5.41, 5.74) is 4.74. The van der Waals surface area contributed by atoms with E-state index >= 15 is 0 Å². The predicted octanol–water partition coefficient (Wildman–Crippen LogP) is 5.09. The van der Waals surface area contributed by atoms with Gasteiger partial charge in [0, 0.05) is 18.7 Å². The molecule has 2 rings (SSSR count). The van der Waals surface area contributed by atoms with E-state index in [9.17, 15) is 4.79 Å². The molecule has 3 heteroatoms.